The normalized spacial score (nSPS) is 10.7. The first-order chi connectivity index (χ1) is 11.5. The van der Waals surface area contributed by atoms with E-state index in [2.05, 4.69) is 16.4 Å². The second kappa shape index (κ2) is 6.76. The number of nitrogens with zero attached hydrogens (tertiary/aromatic N) is 2. The van der Waals surface area contributed by atoms with E-state index >= 15 is 0 Å². The van der Waals surface area contributed by atoms with E-state index in [0.29, 0.717) is 5.16 Å². The zero-order chi connectivity index (χ0) is 17.1. The molecule has 0 aliphatic carbocycles. The summed E-state index contributed by atoms with van der Waals surface area (Å²) in [6.07, 6.45) is 0. The first-order valence-corrected chi connectivity index (χ1v) is 8.30. The summed E-state index contributed by atoms with van der Waals surface area (Å²) < 4.78 is 2.00. The molecule has 0 atom stereocenters. The third-order valence-corrected chi connectivity index (χ3v) is 4.32. The van der Waals surface area contributed by atoms with Gasteiger partial charge in [-0.15, -0.1) is 0 Å². The quantitative estimate of drug-likeness (QED) is 0.714. The minimum absolute atomic E-state index is 0.0536. The molecule has 0 aliphatic rings. The smallest absolute Gasteiger partial charge is 0.318 e. The van der Waals surface area contributed by atoms with Crippen LogP contribution in [0.2, 0.25) is 0 Å². The van der Waals surface area contributed by atoms with Crippen molar-refractivity contribution >= 4 is 34.7 Å². The Bertz CT molecular complexity index is 920. The molecule has 122 valence electrons. The molecular formula is C17H16N4O2S. The number of para-hydroxylation sites is 2. The largest absolute Gasteiger partial charge is 0.351 e. The zero-order valence-electron chi connectivity index (χ0n) is 13.0. The molecule has 1 aromatic heterocycles. The van der Waals surface area contributed by atoms with Crippen molar-refractivity contribution < 1.29 is 9.59 Å². The number of hydrogen-bond donors (Lipinski definition) is 2. The highest BCUT2D eigenvalue weighted by Gasteiger charge is 2.15. The number of primary amides is 1. The van der Waals surface area contributed by atoms with Gasteiger partial charge in [0.25, 0.3) is 0 Å². The standard InChI is InChI=1S/C17H16N4O2S/c1-11-5-4-6-12(9-11)21-14-8-3-2-7-13(14)19-17(21)24-10-15(22)20-16(18)23/h2-9H,10H2,1H3,(H3,18,20,22,23). The predicted octanol–water partition coefficient (Wildman–Crippen LogP) is 2.62. The highest BCUT2D eigenvalue weighted by molar-refractivity contribution is 7.99. The summed E-state index contributed by atoms with van der Waals surface area (Å²) in [5.41, 5.74) is 8.87. The van der Waals surface area contributed by atoms with E-state index in [4.69, 9.17) is 5.73 Å². The highest BCUT2D eigenvalue weighted by atomic mass is 32.2. The molecule has 1 heterocycles. The fraction of sp³-hybridized carbons (Fsp3) is 0.118. The van der Waals surface area contributed by atoms with Gasteiger partial charge in [-0.3, -0.25) is 14.7 Å². The molecule has 0 aliphatic heterocycles. The lowest BCUT2D eigenvalue weighted by Gasteiger charge is -2.09. The van der Waals surface area contributed by atoms with Gasteiger partial charge in [-0.25, -0.2) is 9.78 Å². The lowest BCUT2D eigenvalue weighted by atomic mass is 10.2. The van der Waals surface area contributed by atoms with E-state index in [1.54, 1.807) is 0 Å². The molecule has 3 aromatic rings. The van der Waals surface area contributed by atoms with Crippen LogP contribution in [0.3, 0.4) is 0 Å². The topological polar surface area (TPSA) is 90.0 Å². The number of fused-ring (bicyclic) bond motifs is 1. The number of amides is 3. The van der Waals surface area contributed by atoms with Crippen molar-refractivity contribution in [1.29, 1.82) is 0 Å². The van der Waals surface area contributed by atoms with Crippen LogP contribution in [0.25, 0.3) is 16.7 Å². The number of carbonyl (C=O) groups is 2. The first-order valence-electron chi connectivity index (χ1n) is 7.31. The maximum atomic E-state index is 11.7. The minimum Gasteiger partial charge on any atom is -0.351 e. The molecule has 2 aromatic carbocycles. The summed E-state index contributed by atoms with van der Waals surface area (Å²) in [6.45, 7) is 2.02. The van der Waals surface area contributed by atoms with Gasteiger partial charge >= 0.3 is 6.03 Å². The van der Waals surface area contributed by atoms with Gasteiger partial charge in [0.15, 0.2) is 5.16 Å². The summed E-state index contributed by atoms with van der Waals surface area (Å²) in [6, 6.07) is 15.0. The van der Waals surface area contributed by atoms with Crippen LogP contribution in [0.4, 0.5) is 4.79 Å². The monoisotopic (exact) mass is 340 g/mol. The van der Waals surface area contributed by atoms with Crippen LogP contribution in [0.15, 0.2) is 53.7 Å². The number of rotatable bonds is 4. The Hall–Kier alpha value is -2.80. The number of carbonyl (C=O) groups excluding carboxylic acids is 2. The van der Waals surface area contributed by atoms with Crippen LogP contribution in [0.5, 0.6) is 0 Å². The molecule has 0 saturated carbocycles. The fourth-order valence-electron chi connectivity index (χ4n) is 2.42. The minimum atomic E-state index is -0.854. The van der Waals surface area contributed by atoms with Crippen molar-refractivity contribution in [2.24, 2.45) is 5.73 Å². The average Bonchev–Trinajstić information content (AvgIpc) is 2.90. The highest BCUT2D eigenvalue weighted by Crippen LogP contribution is 2.28. The number of imide groups is 1. The van der Waals surface area contributed by atoms with E-state index in [1.165, 1.54) is 11.8 Å². The Morgan fingerprint density at radius 2 is 2.00 bits per heavy atom. The average molecular weight is 340 g/mol. The van der Waals surface area contributed by atoms with Gasteiger partial charge in [0, 0.05) is 5.69 Å². The molecule has 0 spiro atoms. The van der Waals surface area contributed by atoms with Crippen LogP contribution in [-0.4, -0.2) is 27.2 Å². The maximum absolute atomic E-state index is 11.7. The zero-order valence-corrected chi connectivity index (χ0v) is 13.8. The molecule has 0 fully saturated rings. The van der Waals surface area contributed by atoms with Crippen molar-refractivity contribution in [2.75, 3.05) is 5.75 Å². The summed E-state index contributed by atoms with van der Waals surface area (Å²) in [5.74, 6) is -0.395. The summed E-state index contributed by atoms with van der Waals surface area (Å²) in [5, 5.41) is 2.74. The SMILES string of the molecule is Cc1cccc(-n2c(SCC(=O)NC(N)=O)nc3ccccc32)c1. The van der Waals surface area contributed by atoms with Gasteiger partial charge in [0.2, 0.25) is 5.91 Å². The van der Waals surface area contributed by atoms with Gasteiger partial charge in [0.1, 0.15) is 0 Å². The lowest BCUT2D eigenvalue weighted by Crippen LogP contribution is -2.36. The summed E-state index contributed by atoms with van der Waals surface area (Å²) in [4.78, 5) is 27.0. The Labute approximate surface area is 143 Å². The van der Waals surface area contributed by atoms with Crippen LogP contribution < -0.4 is 11.1 Å². The molecule has 3 rings (SSSR count). The second-order valence-electron chi connectivity index (χ2n) is 5.26. The summed E-state index contributed by atoms with van der Waals surface area (Å²) >= 11 is 1.26. The number of benzene rings is 2. The fourth-order valence-corrected chi connectivity index (χ4v) is 3.25. The predicted molar refractivity (Wildman–Crippen MR) is 94.3 cm³/mol. The van der Waals surface area contributed by atoms with Crippen LogP contribution in [0, 0.1) is 6.92 Å². The van der Waals surface area contributed by atoms with Gasteiger partial charge < -0.3 is 5.73 Å². The van der Waals surface area contributed by atoms with Crippen LogP contribution >= 0.6 is 11.8 Å². The number of hydrogen-bond acceptors (Lipinski definition) is 4. The lowest BCUT2D eigenvalue weighted by molar-refractivity contribution is -0.117. The van der Waals surface area contributed by atoms with E-state index in [-0.39, 0.29) is 5.75 Å². The van der Waals surface area contributed by atoms with Crippen molar-refractivity contribution in [3.05, 3.63) is 54.1 Å². The maximum Gasteiger partial charge on any atom is 0.318 e. The third-order valence-electron chi connectivity index (χ3n) is 3.38. The molecule has 3 amide bonds. The number of nitrogens with two attached hydrogens (primary N) is 1. The Morgan fingerprint density at radius 1 is 1.21 bits per heavy atom. The Morgan fingerprint density at radius 3 is 2.75 bits per heavy atom. The van der Waals surface area contributed by atoms with E-state index in [0.717, 1.165) is 22.3 Å². The second-order valence-corrected chi connectivity index (χ2v) is 6.20. The molecule has 3 N–H and O–H groups in total. The molecule has 6 nitrogen and oxygen atoms in total. The van der Waals surface area contributed by atoms with Gasteiger partial charge in [0.05, 0.1) is 16.8 Å². The molecular weight excluding hydrogens is 324 g/mol. The van der Waals surface area contributed by atoms with E-state index in [9.17, 15) is 9.59 Å². The van der Waals surface area contributed by atoms with Crippen molar-refractivity contribution in [3.63, 3.8) is 0 Å². The van der Waals surface area contributed by atoms with Gasteiger partial charge in [-0.05, 0) is 36.8 Å². The van der Waals surface area contributed by atoms with Crippen molar-refractivity contribution in [2.45, 2.75) is 12.1 Å². The molecule has 0 bridgehead atoms. The number of aryl methyl sites for hydroxylation is 1. The summed E-state index contributed by atoms with van der Waals surface area (Å²) in [7, 11) is 0. The number of nitrogens with one attached hydrogen (secondary N) is 1. The van der Waals surface area contributed by atoms with Gasteiger partial charge in [-0.1, -0.05) is 36.0 Å². The number of aromatic nitrogens is 2. The molecule has 24 heavy (non-hydrogen) atoms. The van der Waals surface area contributed by atoms with Crippen LogP contribution in [0.1, 0.15) is 5.56 Å². The van der Waals surface area contributed by atoms with Crippen molar-refractivity contribution in [3.8, 4) is 5.69 Å². The first kappa shape index (κ1) is 16.1. The number of urea groups is 1. The molecule has 0 saturated heterocycles. The molecule has 0 unspecified atom stereocenters. The van der Waals surface area contributed by atoms with E-state index < -0.39 is 11.9 Å². The molecule has 0 radical (unpaired) electrons. The van der Waals surface area contributed by atoms with Crippen molar-refractivity contribution in [1.82, 2.24) is 14.9 Å². The Balaban J connectivity index is 1.99. The molecule has 7 heteroatoms. The number of thioether (sulfide) groups is 1. The number of imidazole rings is 1. The van der Waals surface area contributed by atoms with Gasteiger partial charge in [-0.2, -0.15) is 0 Å². The third kappa shape index (κ3) is 3.41. The Kier molecular flexibility index (Phi) is 4.52. The van der Waals surface area contributed by atoms with Crippen LogP contribution in [-0.2, 0) is 4.79 Å². The van der Waals surface area contributed by atoms with E-state index in [1.807, 2.05) is 54.0 Å².